The second kappa shape index (κ2) is 6.98. The Morgan fingerprint density at radius 1 is 0.789 bits per heavy atom. The maximum Gasteiger partial charge on any atom is 0.0393 e. The molecule has 0 atom stereocenters. The number of nitrogen functional groups attached to an aromatic ring is 1. The predicted molar refractivity (Wildman–Crippen MR) is 84.1 cm³/mol. The molecule has 100 valence electrons. The zero-order chi connectivity index (χ0) is 13.5. The topological polar surface area (TPSA) is 26.0 Å². The molecule has 1 heteroatoms. The first-order valence-corrected chi connectivity index (χ1v) is 7.25. The average Bonchev–Trinajstić information content (AvgIpc) is 2.45. The Kier molecular flexibility index (Phi) is 5.02. The fraction of sp³-hybridized carbons (Fsp3) is 0.333. The van der Waals surface area contributed by atoms with E-state index in [0.29, 0.717) is 0 Å². The van der Waals surface area contributed by atoms with Gasteiger partial charge in [0.1, 0.15) is 0 Å². The molecule has 2 aromatic rings. The first-order valence-electron chi connectivity index (χ1n) is 7.25. The summed E-state index contributed by atoms with van der Waals surface area (Å²) in [5.41, 5.74) is 10.8. The summed E-state index contributed by atoms with van der Waals surface area (Å²) in [5, 5.41) is 0. The molecule has 0 fully saturated rings. The van der Waals surface area contributed by atoms with Crippen LogP contribution in [0.3, 0.4) is 0 Å². The number of benzene rings is 2. The van der Waals surface area contributed by atoms with E-state index in [2.05, 4.69) is 43.3 Å². The number of nitrogens with two attached hydrogens (primary N) is 1. The van der Waals surface area contributed by atoms with Gasteiger partial charge < -0.3 is 5.73 Å². The summed E-state index contributed by atoms with van der Waals surface area (Å²) in [5.74, 6) is 0. The lowest BCUT2D eigenvalue weighted by molar-refractivity contribution is 0.667. The van der Waals surface area contributed by atoms with E-state index in [4.69, 9.17) is 5.73 Å². The van der Waals surface area contributed by atoms with Gasteiger partial charge in [-0.15, -0.1) is 0 Å². The van der Waals surface area contributed by atoms with E-state index in [-0.39, 0.29) is 0 Å². The van der Waals surface area contributed by atoms with Crippen LogP contribution in [0.4, 0.5) is 5.69 Å². The van der Waals surface area contributed by atoms with Crippen LogP contribution in [0.15, 0.2) is 48.5 Å². The highest BCUT2D eigenvalue weighted by atomic mass is 14.6. The van der Waals surface area contributed by atoms with Gasteiger partial charge in [0.2, 0.25) is 0 Å². The highest BCUT2D eigenvalue weighted by Gasteiger charge is 2.06. The molecule has 0 aliphatic rings. The van der Waals surface area contributed by atoms with Crippen LogP contribution in [0, 0.1) is 0 Å². The number of unbranched alkanes of at least 4 members (excludes halogenated alkanes) is 3. The lowest BCUT2D eigenvalue weighted by atomic mass is 9.95. The van der Waals surface area contributed by atoms with E-state index in [9.17, 15) is 0 Å². The average molecular weight is 253 g/mol. The normalized spacial score (nSPS) is 10.6. The van der Waals surface area contributed by atoms with Gasteiger partial charge in [-0.2, -0.15) is 0 Å². The third-order valence-electron chi connectivity index (χ3n) is 3.57. The Balaban J connectivity index is 2.19. The second-order valence-corrected chi connectivity index (χ2v) is 5.06. The molecule has 0 saturated heterocycles. The van der Waals surface area contributed by atoms with E-state index in [0.717, 1.165) is 17.7 Å². The van der Waals surface area contributed by atoms with Crippen LogP contribution >= 0.6 is 0 Å². The first kappa shape index (κ1) is 13.7. The second-order valence-electron chi connectivity index (χ2n) is 5.06. The number of rotatable bonds is 6. The summed E-state index contributed by atoms with van der Waals surface area (Å²) in [6.07, 6.45) is 6.33. The van der Waals surface area contributed by atoms with Crippen LogP contribution in [0.1, 0.15) is 38.2 Å². The Labute approximate surface area is 116 Å². The lowest BCUT2D eigenvalue weighted by Crippen LogP contribution is -1.94. The van der Waals surface area contributed by atoms with Crippen molar-refractivity contribution in [3.8, 4) is 11.1 Å². The number of anilines is 1. The fourth-order valence-electron chi connectivity index (χ4n) is 2.49. The van der Waals surface area contributed by atoms with Crippen LogP contribution in [0.5, 0.6) is 0 Å². The van der Waals surface area contributed by atoms with Gasteiger partial charge >= 0.3 is 0 Å². The van der Waals surface area contributed by atoms with Gasteiger partial charge in [0.05, 0.1) is 0 Å². The maximum atomic E-state index is 6.10. The zero-order valence-electron chi connectivity index (χ0n) is 11.7. The highest BCUT2D eigenvalue weighted by Crippen LogP contribution is 2.29. The van der Waals surface area contributed by atoms with Crippen molar-refractivity contribution in [2.75, 3.05) is 5.73 Å². The molecular weight excluding hydrogens is 230 g/mol. The molecule has 0 aliphatic carbocycles. The van der Waals surface area contributed by atoms with Crippen LogP contribution < -0.4 is 5.73 Å². The van der Waals surface area contributed by atoms with Gasteiger partial charge in [0, 0.05) is 11.3 Å². The molecule has 0 bridgehead atoms. The van der Waals surface area contributed by atoms with Gasteiger partial charge in [-0.25, -0.2) is 0 Å². The van der Waals surface area contributed by atoms with E-state index < -0.39 is 0 Å². The monoisotopic (exact) mass is 253 g/mol. The molecule has 2 N–H and O–H groups in total. The standard InChI is InChI=1S/C18H23N/c1-2-3-4-5-10-15-11-6-7-12-16(15)17-13-8-9-14-18(17)19/h6-9,11-14H,2-5,10,19H2,1H3. The molecule has 0 amide bonds. The molecule has 0 radical (unpaired) electrons. The Hall–Kier alpha value is -1.76. The van der Waals surface area contributed by atoms with Crippen molar-refractivity contribution >= 4 is 5.69 Å². The minimum Gasteiger partial charge on any atom is -0.398 e. The quantitative estimate of drug-likeness (QED) is 0.565. The minimum absolute atomic E-state index is 0.864. The molecule has 2 rings (SSSR count). The maximum absolute atomic E-state index is 6.10. The number of hydrogen-bond acceptors (Lipinski definition) is 1. The van der Waals surface area contributed by atoms with Crippen LogP contribution in [-0.2, 0) is 6.42 Å². The predicted octanol–water partition coefficient (Wildman–Crippen LogP) is 5.06. The van der Waals surface area contributed by atoms with Crippen molar-refractivity contribution in [2.45, 2.75) is 39.0 Å². The number of hydrogen-bond donors (Lipinski definition) is 1. The first-order chi connectivity index (χ1) is 9.33. The smallest absolute Gasteiger partial charge is 0.0393 e. The molecule has 0 spiro atoms. The summed E-state index contributed by atoms with van der Waals surface area (Å²) < 4.78 is 0. The fourth-order valence-corrected chi connectivity index (χ4v) is 2.49. The molecule has 0 heterocycles. The van der Waals surface area contributed by atoms with Crippen molar-refractivity contribution < 1.29 is 0 Å². The van der Waals surface area contributed by atoms with Crippen LogP contribution in [0.2, 0.25) is 0 Å². The van der Waals surface area contributed by atoms with Gasteiger partial charge in [0.25, 0.3) is 0 Å². The number of para-hydroxylation sites is 1. The molecule has 19 heavy (non-hydrogen) atoms. The van der Waals surface area contributed by atoms with Crippen LogP contribution in [-0.4, -0.2) is 0 Å². The molecular formula is C18H23N. The molecule has 0 aromatic heterocycles. The largest absolute Gasteiger partial charge is 0.398 e. The summed E-state index contributed by atoms with van der Waals surface area (Å²) in [4.78, 5) is 0. The summed E-state index contributed by atoms with van der Waals surface area (Å²) in [6.45, 7) is 2.25. The molecule has 0 saturated carbocycles. The van der Waals surface area contributed by atoms with Crippen molar-refractivity contribution in [1.29, 1.82) is 0 Å². The third kappa shape index (κ3) is 3.60. The zero-order valence-corrected chi connectivity index (χ0v) is 11.7. The van der Waals surface area contributed by atoms with E-state index in [1.165, 1.54) is 36.8 Å². The molecule has 0 aliphatic heterocycles. The minimum atomic E-state index is 0.864. The van der Waals surface area contributed by atoms with Crippen molar-refractivity contribution in [3.05, 3.63) is 54.1 Å². The Bertz CT molecular complexity index is 517. The number of aryl methyl sites for hydroxylation is 1. The Morgan fingerprint density at radius 2 is 1.47 bits per heavy atom. The van der Waals surface area contributed by atoms with Crippen molar-refractivity contribution in [3.63, 3.8) is 0 Å². The van der Waals surface area contributed by atoms with E-state index in [1.807, 2.05) is 12.1 Å². The molecule has 0 unspecified atom stereocenters. The highest BCUT2D eigenvalue weighted by molar-refractivity contribution is 5.78. The van der Waals surface area contributed by atoms with Gasteiger partial charge in [-0.1, -0.05) is 68.7 Å². The van der Waals surface area contributed by atoms with E-state index >= 15 is 0 Å². The van der Waals surface area contributed by atoms with Crippen molar-refractivity contribution in [2.24, 2.45) is 0 Å². The Morgan fingerprint density at radius 3 is 2.21 bits per heavy atom. The molecule has 2 aromatic carbocycles. The van der Waals surface area contributed by atoms with E-state index in [1.54, 1.807) is 0 Å². The lowest BCUT2D eigenvalue weighted by Gasteiger charge is -2.11. The van der Waals surface area contributed by atoms with Crippen molar-refractivity contribution in [1.82, 2.24) is 0 Å². The summed E-state index contributed by atoms with van der Waals surface area (Å²) in [6, 6.07) is 16.8. The van der Waals surface area contributed by atoms with Gasteiger partial charge in [-0.05, 0) is 30.0 Å². The SMILES string of the molecule is CCCCCCc1ccccc1-c1ccccc1N. The van der Waals surface area contributed by atoms with Crippen LogP contribution in [0.25, 0.3) is 11.1 Å². The summed E-state index contributed by atoms with van der Waals surface area (Å²) in [7, 11) is 0. The molecule has 1 nitrogen and oxygen atoms in total. The van der Waals surface area contributed by atoms with Gasteiger partial charge in [0.15, 0.2) is 0 Å². The third-order valence-corrected chi connectivity index (χ3v) is 3.57. The van der Waals surface area contributed by atoms with Gasteiger partial charge in [-0.3, -0.25) is 0 Å². The summed E-state index contributed by atoms with van der Waals surface area (Å²) >= 11 is 0.